The summed E-state index contributed by atoms with van der Waals surface area (Å²) in [5.41, 5.74) is 9.01. The Morgan fingerprint density at radius 1 is 1.08 bits per heavy atom. The van der Waals surface area contributed by atoms with Crippen molar-refractivity contribution in [3.63, 3.8) is 0 Å². The highest BCUT2D eigenvalue weighted by Crippen LogP contribution is 2.32. The lowest BCUT2D eigenvalue weighted by Gasteiger charge is -2.13. The minimum absolute atomic E-state index is 0.738. The van der Waals surface area contributed by atoms with Gasteiger partial charge >= 0.3 is 0 Å². The number of nitrogens with zero attached hydrogens (tertiary/aromatic N) is 5. The van der Waals surface area contributed by atoms with E-state index in [2.05, 4.69) is 75.4 Å². The highest BCUT2D eigenvalue weighted by atomic mass is 32.1. The Hall–Kier alpha value is -4.23. The van der Waals surface area contributed by atoms with Crippen LogP contribution in [-0.2, 0) is 13.0 Å². The number of hydrogen-bond donors (Lipinski definition) is 1. The fraction of sp³-hybridized carbons (Fsp3) is 0.138. The molecule has 6 nitrogen and oxygen atoms in total. The maximum Gasteiger partial charge on any atom is 0.142 e. The summed E-state index contributed by atoms with van der Waals surface area (Å²) in [6, 6.07) is 12.5. The van der Waals surface area contributed by atoms with E-state index in [1.54, 1.807) is 17.5 Å². The first-order valence-corrected chi connectivity index (χ1v) is 12.7. The van der Waals surface area contributed by atoms with E-state index in [-0.39, 0.29) is 0 Å². The van der Waals surface area contributed by atoms with Crippen molar-refractivity contribution in [2.45, 2.75) is 26.3 Å². The first kappa shape index (κ1) is 22.2. The zero-order valence-corrected chi connectivity index (χ0v) is 20.9. The van der Waals surface area contributed by atoms with E-state index in [0.29, 0.717) is 0 Å². The largest absolute Gasteiger partial charge is 0.356 e. The zero-order chi connectivity index (χ0) is 24.5. The molecule has 4 heterocycles. The van der Waals surface area contributed by atoms with Gasteiger partial charge in [0.2, 0.25) is 0 Å². The molecule has 0 aliphatic heterocycles. The van der Waals surface area contributed by atoms with Gasteiger partial charge in [-0.1, -0.05) is 48.6 Å². The van der Waals surface area contributed by atoms with Crippen LogP contribution >= 0.6 is 11.3 Å². The number of nitrogens with one attached hydrogen (secondary N) is 1. The van der Waals surface area contributed by atoms with E-state index >= 15 is 0 Å². The Morgan fingerprint density at radius 3 is 2.86 bits per heavy atom. The molecule has 0 amide bonds. The molecule has 1 aromatic carbocycles. The maximum atomic E-state index is 4.74. The zero-order valence-electron chi connectivity index (χ0n) is 20.1. The van der Waals surface area contributed by atoms with E-state index in [0.717, 1.165) is 57.6 Å². The van der Waals surface area contributed by atoms with E-state index < -0.39 is 0 Å². The molecule has 6 rings (SSSR count). The van der Waals surface area contributed by atoms with Gasteiger partial charge in [0, 0.05) is 48.2 Å². The summed E-state index contributed by atoms with van der Waals surface area (Å²) in [6.07, 6.45) is 17.7. The third-order valence-corrected chi connectivity index (χ3v) is 7.49. The van der Waals surface area contributed by atoms with Crippen LogP contribution in [0.3, 0.4) is 0 Å². The van der Waals surface area contributed by atoms with E-state index in [1.807, 2.05) is 37.1 Å². The van der Waals surface area contributed by atoms with Crippen molar-refractivity contribution in [1.82, 2.24) is 23.9 Å². The van der Waals surface area contributed by atoms with Crippen molar-refractivity contribution in [2.75, 3.05) is 5.32 Å². The van der Waals surface area contributed by atoms with Crippen molar-refractivity contribution < 1.29 is 0 Å². The SMILES string of the molecule is C=C(Nc1ccccc1C)C1=CC=C(Cc2ncc(-c3cnc4c(Cn5ccnc5)cccn34)s2)C1. The molecular weight excluding hydrogens is 464 g/mol. The Kier molecular flexibility index (Phi) is 5.83. The number of imidazole rings is 2. The molecule has 1 N–H and O–H groups in total. The number of benzene rings is 1. The van der Waals surface area contributed by atoms with Crippen LogP contribution in [0.5, 0.6) is 0 Å². The van der Waals surface area contributed by atoms with E-state index in [4.69, 9.17) is 9.97 Å². The number of aryl methyl sites for hydroxylation is 1. The lowest BCUT2D eigenvalue weighted by molar-refractivity contribution is 0.796. The molecular formula is C29H26N6S. The summed E-state index contributed by atoms with van der Waals surface area (Å²) >= 11 is 1.73. The predicted octanol–water partition coefficient (Wildman–Crippen LogP) is 6.44. The molecule has 0 atom stereocenters. The summed E-state index contributed by atoms with van der Waals surface area (Å²) < 4.78 is 4.20. The lowest BCUT2D eigenvalue weighted by atomic mass is 10.1. The van der Waals surface area contributed by atoms with E-state index in [1.165, 1.54) is 16.7 Å². The van der Waals surface area contributed by atoms with Crippen LogP contribution in [0.25, 0.3) is 16.2 Å². The number of allylic oxidation sites excluding steroid dienone is 4. The monoisotopic (exact) mass is 490 g/mol. The van der Waals surface area contributed by atoms with Crippen molar-refractivity contribution in [3.8, 4) is 10.6 Å². The van der Waals surface area contributed by atoms with Crippen molar-refractivity contribution in [1.29, 1.82) is 0 Å². The van der Waals surface area contributed by atoms with Crippen LogP contribution in [0.1, 0.15) is 22.6 Å². The number of thiazole rings is 1. The molecule has 178 valence electrons. The highest BCUT2D eigenvalue weighted by Gasteiger charge is 2.16. The topological polar surface area (TPSA) is 60.0 Å². The molecule has 7 heteroatoms. The molecule has 1 aliphatic rings. The third kappa shape index (κ3) is 4.41. The molecule has 4 aromatic heterocycles. The van der Waals surface area contributed by atoms with Crippen molar-refractivity contribution in [2.24, 2.45) is 0 Å². The number of rotatable bonds is 8. The van der Waals surface area contributed by atoms with Crippen LogP contribution in [0, 0.1) is 6.92 Å². The minimum Gasteiger partial charge on any atom is -0.356 e. The number of pyridine rings is 1. The molecule has 0 unspecified atom stereocenters. The number of para-hydroxylation sites is 1. The molecule has 0 bridgehead atoms. The Labute approximate surface area is 214 Å². The number of hydrogen-bond acceptors (Lipinski definition) is 5. The summed E-state index contributed by atoms with van der Waals surface area (Å²) in [5, 5.41) is 4.58. The normalized spacial score (nSPS) is 13.1. The van der Waals surface area contributed by atoms with Crippen molar-refractivity contribution in [3.05, 3.63) is 125 Å². The van der Waals surface area contributed by atoms with Crippen LogP contribution in [-0.4, -0.2) is 23.9 Å². The second kappa shape index (κ2) is 9.43. The Balaban J connectivity index is 1.13. The first-order chi connectivity index (χ1) is 17.6. The molecule has 0 saturated carbocycles. The quantitative estimate of drug-likeness (QED) is 0.272. The van der Waals surface area contributed by atoms with Crippen LogP contribution in [0.15, 0.2) is 109 Å². The predicted molar refractivity (Wildman–Crippen MR) is 146 cm³/mol. The van der Waals surface area contributed by atoms with Gasteiger partial charge in [-0.25, -0.2) is 15.0 Å². The maximum absolute atomic E-state index is 4.74. The summed E-state index contributed by atoms with van der Waals surface area (Å²) in [7, 11) is 0. The van der Waals surface area contributed by atoms with Gasteiger partial charge in [0.05, 0.1) is 34.6 Å². The number of fused-ring (bicyclic) bond motifs is 1. The van der Waals surface area contributed by atoms with E-state index in [9.17, 15) is 0 Å². The summed E-state index contributed by atoms with van der Waals surface area (Å²) in [6.45, 7) is 7.11. The second-order valence-electron chi connectivity index (χ2n) is 9.01. The average Bonchev–Trinajstić information content (AvgIpc) is 3.68. The van der Waals surface area contributed by atoms with Gasteiger partial charge in [-0.15, -0.1) is 11.3 Å². The smallest absolute Gasteiger partial charge is 0.142 e. The van der Waals surface area contributed by atoms with Gasteiger partial charge in [0.15, 0.2) is 0 Å². The van der Waals surface area contributed by atoms with Crippen LogP contribution in [0.4, 0.5) is 5.69 Å². The van der Waals surface area contributed by atoms with Gasteiger partial charge < -0.3 is 9.88 Å². The standard InChI is InChI=1S/C29H26N6S/c1-20-6-3-4-8-25(20)33-21(2)23-10-9-22(14-23)15-28-31-17-27(36-28)26-16-32-29-24(7-5-12-35(26)29)18-34-13-11-30-19-34/h3-13,16-17,19,33H,2,14-15,18H2,1H3. The Bertz CT molecular complexity index is 1620. The third-order valence-electron chi connectivity index (χ3n) is 6.47. The molecule has 0 fully saturated rings. The van der Waals surface area contributed by atoms with Gasteiger partial charge in [-0.3, -0.25) is 4.40 Å². The average molecular weight is 491 g/mol. The fourth-order valence-electron chi connectivity index (χ4n) is 4.52. The number of anilines is 1. The molecule has 0 spiro atoms. The molecule has 0 radical (unpaired) electrons. The molecule has 1 aliphatic carbocycles. The fourth-order valence-corrected chi connectivity index (χ4v) is 5.50. The van der Waals surface area contributed by atoms with Crippen molar-refractivity contribution >= 4 is 22.7 Å². The Morgan fingerprint density at radius 2 is 2.00 bits per heavy atom. The van der Waals surface area contributed by atoms with Crippen LogP contribution < -0.4 is 5.32 Å². The van der Waals surface area contributed by atoms with Gasteiger partial charge in [-0.05, 0) is 36.6 Å². The van der Waals surface area contributed by atoms with Crippen LogP contribution in [0.2, 0.25) is 0 Å². The van der Waals surface area contributed by atoms with Gasteiger partial charge in [-0.2, -0.15) is 0 Å². The minimum atomic E-state index is 0.738. The molecule has 0 saturated heterocycles. The molecule has 5 aromatic rings. The second-order valence-corrected chi connectivity index (χ2v) is 10.1. The van der Waals surface area contributed by atoms with Gasteiger partial charge in [0.1, 0.15) is 5.65 Å². The highest BCUT2D eigenvalue weighted by molar-refractivity contribution is 7.15. The van der Waals surface area contributed by atoms with Gasteiger partial charge in [0.25, 0.3) is 0 Å². The first-order valence-electron chi connectivity index (χ1n) is 11.9. The summed E-state index contributed by atoms with van der Waals surface area (Å²) in [5.74, 6) is 0. The number of aromatic nitrogens is 5. The lowest BCUT2D eigenvalue weighted by Crippen LogP contribution is -2.02. The summed E-state index contributed by atoms with van der Waals surface area (Å²) in [4.78, 5) is 14.7. The molecule has 36 heavy (non-hydrogen) atoms.